The van der Waals surface area contributed by atoms with Crippen molar-refractivity contribution in [3.05, 3.63) is 64.4 Å². The average Bonchev–Trinajstić information content (AvgIpc) is 3.32. The van der Waals surface area contributed by atoms with Gasteiger partial charge in [0.1, 0.15) is 13.2 Å². The monoisotopic (exact) mass is 451 g/mol. The third-order valence-electron chi connectivity index (χ3n) is 5.71. The van der Waals surface area contributed by atoms with E-state index in [0.717, 1.165) is 36.0 Å². The van der Waals surface area contributed by atoms with Gasteiger partial charge >= 0.3 is 0 Å². The Labute approximate surface area is 191 Å². The van der Waals surface area contributed by atoms with E-state index in [9.17, 15) is 4.79 Å². The summed E-state index contributed by atoms with van der Waals surface area (Å²) in [5.74, 6) is 1.35. The first-order chi connectivity index (χ1) is 15.7. The molecule has 3 heterocycles. The quantitative estimate of drug-likeness (QED) is 0.573. The Kier molecular flexibility index (Phi) is 5.96. The van der Waals surface area contributed by atoms with Crippen LogP contribution in [0.5, 0.6) is 11.5 Å². The standard InChI is InChI=1S/C24H25N3O4S/c28-23-17(11-16-12-21-22(13-20(16)26-23)31-10-9-30-21)14-27(15-19-7-4-8-29-19)24(32)25-18-5-2-1-3-6-18/h1-3,5-6,11-13,19H,4,7-10,14-15H2,(H,25,32)(H,26,28)/t19-/m1/s1. The number of anilines is 1. The second kappa shape index (κ2) is 9.18. The predicted molar refractivity (Wildman–Crippen MR) is 128 cm³/mol. The Bertz CT molecular complexity index is 1180. The van der Waals surface area contributed by atoms with Crippen molar-refractivity contribution in [2.75, 3.05) is 31.7 Å². The minimum Gasteiger partial charge on any atom is -0.486 e. The van der Waals surface area contributed by atoms with Crippen LogP contribution in [0.2, 0.25) is 0 Å². The van der Waals surface area contributed by atoms with E-state index >= 15 is 0 Å². The number of aromatic nitrogens is 1. The van der Waals surface area contributed by atoms with Gasteiger partial charge in [-0.05, 0) is 49.3 Å². The number of ether oxygens (including phenoxy) is 3. The number of pyridine rings is 1. The Morgan fingerprint density at radius 1 is 1.09 bits per heavy atom. The maximum atomic E-state index is 12.9. The Morgan fingerprint density at radius 3 is 2.62 bits per heavy atom. The minimum atomic E-state index is -0.144. The lowest BCUT2D eigenvalue weighted by atomic mass is 10.1. The molecule has 1 aromatic heterocycles. The van der Waals surface area contributed by atoms with Gasteiger partial charge in [0.2, 0.25) is 0 Å². The number of aromatic amines is 1. The SMILES string of the molecule is O=c1[nH]c2cc3c(cc2cc1CN(C[C@H]1CCCO1)C(=S)Nc1ccccc1)OCCO3. The average molecular weight is 452 g/mol. The number of H-pyrrole nitrogens is 1. The smallest absolute Gasteiger partial charge is 0.253 e. The van der Waals surface area contributed by atoms with E-state index in [2.05, 4.69) is 10.3 Å². The summed E-state index contributed by atoms with van der Waals surface area (Å²) in [7, 11) is 0. The summed E-state index contributed by atoms with van der Waals surface area (Å²) in [5.41, 5.74) is 2.11. The normalized spacial score (nSPS) is 17.3. The van der Waals surface area contributed by atoms with Crippen LogP contribution in [0, 0.1) is 0 Å². The highest BCUT2D eigenvalue weighted by Crippen LogP contribution is 2.33. The van der Waals surface area contributed by atoms with E-state index < -0.39 is 0 Å². The number of para-hydroxylation sites is 1. The molecule has 1 fully saturated rings. The Hall–Kier alpha value is -3.10. The molecule has 1 atom stereocenters. The number of benzene rings is 2. The highest BCUT2D eigenvalue weighted by atomic mass is 32.1. The molecule has 0 unspecified atom stereocenters. The molecule has 5 rings (SSSR count). The molecule has 0 amide bonds. The fourth-order valence-electron chi connectivity index (χ4n) is 4.09. The van der Waals surface area contributed by atoms with Gasteiger partial charge in [0, 0.05) is 35.9 Å². The van der Waals surface area contributed by atoms with Crippen molar-refractivity contribution in [3.8, 4) is 11.5 Å². The van der Waals surface area contributed by atoms with Gasteiger partial charge in [-0.3, -0.25) is 4.79 Å². The van der Waals surface area contributed by atoms with Crippen LogP contribution in [0.1, 0.15) is 18.4 Å². The van der Waals surface area contributed by atoms with Gasteiger partial charge in [0.05, 0.1) is 18.2 Å². The number of thiocarbonyl (C=S) groups is 1. The lowest BCUT2D eigenvalue weighted by molar-refractivity contribution is 0.0904. The van der Waals surface area contributed by atoms with Crippen LogP contribution in [0.25, 0.3) is 10.9 Å². The summed E-state index contributed by atoms with van der Waals surface area (Å²) >= 11 is 5.72. The molecule has 0 bridgehead atoms. The molecule has 2 aliphatic heterocycles. The first-order valence-electron chi connectivity index (χ1n) is 10.8. The van der Waals surface area contributed by atoms with Crippen molar-refractivity contribution in [2.24, 2.45) is 0 Å². The van der Waals surface area contributed by atoms with Gasteiger partial charge in [-0.15, -0.1) is 0 Å². The molecule has 0 aliphatic carbocycles. The molecule has 0 saturated carbocycles. The van der Waals surface area contributed by atoms with Gasteiger partial charge in [-0.1, -0.05) is 18.2 Å². The van der Waals surface area contributed by atoms with Crippen molar-refractivity contribution in [1.29, 1.82) is 0 Å². The van der Waals surface area contributed by atoms with E-state index in [1.165, 1.54) is 0 Å². The van der Waals surface area contributed by atoms with Crippen LogP contribution in [0.4, 0.5) is 5.69 Å². The number of rotatable bonds is 5. The third kappa shape index (κ3) is 4.56. The molecular weight excluding hydrogens is 426 g/mol. The molecular formula is C24H25N3O4S. The number of nitrogens with zero attached hydrogens (tertiary/aromatic N) is 1. The van der Waals surface area contributed by atoms with Crippen molar-refractivity contribution in [1.82, 2.24) is 9.88 Å². The maximum Gasteiger partial charge on any atom is 0.253 e. The Morgan fingerprint density at radius 2 is 1.88 bits per heavy atom. The molecule has 2 aromatic carbocycles. The van der Waals surface area contributed by atoms with Crippen molar-refractivity contribution in [2.45, 2.75) is 25.5 Å². The molecule has 1 saturated heterocycles. The Balaban J connectivity index is 1.43. The molecule has 0 radical (unpaired) electrons. The highest BCUT2D eigenvalue weighted by Gasteiger charge is 2.22. The van der Waals surface area contributed by atoms with E-state index in [1.807, 2.05) is 53.4 Å². The molecule has 0 spiro atoms. The van der Waals surface area contributed by atoms with Crippen LogP contribution in [-0.4, -0.2) is 47.5 Å². The molecule has 8 heteroatoms. The van der Waals surface area contributed by atoms with Gasteiger partial charge in [-0.25, -0.2) is 0 Å². The zero-order chi connectivity index (χ0) is 21.9. The molecule has 7 nitrogen and oxygen atoms in total. The van der Waals surface area contributed by atoms with Gasteiger partial charge in [0.25, 0.3) is 5.56 Å². The largest absolute Gasteiger partial charge is 0.486 e. The van der Waals surface area contributed by atoms with Gasteiger partial charge < -0.3 is 29.4 Å². The fourth-order valence-corrected chi connectivity index (χ4v) is 4.35. The molecule has 166 valence electrons. The van der Waals surface area contributed by atoms with Crippen LogP contribution in [0.3, 0.4) is 0 Å². The summed E-state index contributed by atoms with van der Waals surface area (Å²) in [4.78, 5) is 17.9. The first-order valence-corrected chi connectivity index (χ1v) is 11.2. The minimum absolute atomic E-state index is 0.0997. The fraction of sp³-hybridized carbons (Fsp3) is 0.333. The summed E-state index contributed by atoms with van der Waals surface area (Å²) in [5, 5.41) is 4.74. The summed E-state index contributed by atoms with van der Waals surface area (Å²) in [6.07, 6.45) is 2.13. The maximum absolute atomic E-state index is 12.9. The zero-order valence-corrected chi connectivity index (χ0v) is 18.5. The third-order valence-corrected chi connectivity index (χ3v) is 6.07. The number of hydrogen-bond acceptors (Lipinski definition) is 5. The van der Waals surface area contributed by atoms with Crippen molar-refractivity contribution < 1.29 is 14.2 Å². The number of fused-ring (bicyclic) bond motifs is 2. The van der Waals surface area contributed by atoms with E-state index in [4.69, 9.17) is 26.4 Å². The van der Waals surface area contributed by atoms with Gasteiger partial charge in [0.15, 0.2) is 16.6 Å². The van der Waals surface area contributed by atoms with Gasteiger partial charge in [-0.2, -0.15) is 0 Å². The van der Waals surface area contributed by atoms with Crippen LogP contribution in [-0.2, 0) is 11.3 Å². The number of hydrogen-bond donors (Lipinski definition) is 2. The van der Waals surface area contributed by atoms with Crippen molar-refractivity contribution in [3.63, 3.8) is 0 Å². The van der Waals surface area contributed by atoms with Crippen LogP contribution >= 0.6 is 12.2 Å². The van der Waals surface area contributed by atoms with Crippen molar-refractivity contribution >= 4 is 33.9 Å². The molecule has 32 heavy (non-hydrogen) atoms. The van der Waals surface area contributed by atoms with E-state index in [0.29, 0.717) is 48.5 Å². The topological polar surface area (TPSA) is 75.8 Å². The molecule has 2 aliphatic rings. The molecule has 2 N–H and O–H groups in total. The zero-order valence-electron chi connectivity index (χ0n) is 17.6. The molecule has 3 aromatic rings. The van der Waals surface area contributed by atoms with Crippen LogP contribution in [0.15, 0.2) is 53.3 Å². The number of nitrogens with one attached hydrogen (secondary N) is 2. The first kappa shape index (κ1) is 20.8. The second-order valence-corrected chi connectivity index (χ2v) is 8.41. The lowest BCUT2D eigenvalue weighted by Crippen LogP contribution is -2.40. The second-order valence-electron chi connectivity index (χ2n) is 8.02. The van der Waals surface area contributed by atoms with Crippen LogP contribution < -0.4 is 20.3 Å². The summed E-state index contributed by atoms with van der Waals surface area (Å²) < 4.78 is 17.2. The predicted octanol–water partition coefficient (Wildman–Crippen LogP) is 3.68. The summed E-state index contributed by atoms with van der Waals surface area (Å²) in [6, 6.07) is 15.4. The van der Waals surface area contributed by atoms with E-state index in [-0.39, 0.29) is 11.7 Å². The highest BCUT2D eigenvalue weighted by molar-refractivity contribution is 7.80. The summed E-state index contributed by atoms with van der Waals surface area (Å²) in [6.45, 7) is 2.78. The lowest BCUT2D eigenvalue weighted by Gasteiger charge is -2.28. The van der Waals surface area contributed by atoms with E-state index in [1.54, 1.807) is 0 Å².